The maximum absolute atomic E-state index is 14.4. The number of ether oxygens (including phenoxy) is 3. The molecule has 1 heterocycles. The highest BCUT2D eigenvalue weighted by atomic mass is 32.1. The summed E-state index contributed by atoms with van der Waals surface area (Å²) in [6.45, 7) is 2.33. The molecule has 1 unspecified atom stereocenters. The number of hydrogen-bond donors (Lipinski definition) is 2. The maximum Gasteiger partial charge on any atom is 0.360 e. The van der Waals surface area contributed by atoms with Gasteiger partial charge in [0.25, 0.3) is 0 Å². The van der Waals surface area contributed by atoms with Crippen LogP contribution in [0.25, 0.3) is 0 Å². The van der Waals surface area contributed by atoms with Gasteiger partial charge in [-0.25, -0.2) is 14.6 Å². The number of nitrogens with zero attached hydrogens (tertiary/aromatic N) is 2. The van der Waals surface area contributed by atoms with Gasteiger partial charge in [-0.1, -0.05) is 163 Å². The number of carbonyl (C=O) groups is 4. The molecular formula is C49H39N3O9S. The highest BCUT2D eigenvalue weighted by molar-refractivity contribution is 7.14. The van der Waals surface area contributed by atoms with E-state index in [0.29, 0.717) is 16.3 Å². The van der Waals surface area contributed by atoms with Crippen molar-refractivity contribution in [3.8, 4) is 11.5 Å². The second kappa shape index (κ2) is 19.4. The first-order valence-electron chi connectivity index (χ1n) is 19.3. The molecule has 7 rings (SSSR count). The van der Waals surface area contributed by atoms with Crippen molar-refractivity contribution in [2.45, 2.75) is 31.6 Å². The second-order valence-corrected chi connectivity index (χ2v) is 14.6. The van der Waals surface area contributed by atoms with Crippen molar-refractivity contribution in [2.75, 3.05) is 5.32 Å². The zero-order valence-electron chi connectivity index (χ0n) is 33.4. The van der Waals surface area contributed by atoms with Gasteiger partial charge in [0.15, 0.2) is 22.7 Å². The monoisotopic (exact) mass is 845 g/mol. The summed E-state index contributed by atoms with van der Waals surface area (Å²) in [5.74, 6) is -4.20. The zero-order valence-corrected chi connectivity index (χ0v) is 34.2. The van der Waals surface area contributed by atoms with Gasteiger partial charge in [-0.05, 0) is 39.9 Å². The number of esters is 3. The van der Waals surface area contributed by atoms with Gasteiger partial charge in [0, 0.05) is 24.8 Å². The van der Waals surface area contributed by atoms with Gasteiger partial charge in [0.1, 0.15) is 11.2 Å². The molecule has 0 aliphatic carbocycles. The lowest BCUT2D eigenvalue weighted by molar-refractivity contribution is -0.162. The van der Waals surface area contributed by atoms with Crippen LogP contribution in [-0.2, 0) is 34.3 Å². The van der Waals surface area contributed by atoms with Crippen LogP contribution in [0.1, 0.15) is 65.1 Å². The minimum Gasteiger partial charge on any atom is -0.476 e. The van der Waals surface area contributed by atoms with Crippen LogP contribution in [0.15, 0.2) is 180 Å². The van der Waals surface area contributed by atoms with Gasteiger partial charge < -0.3 is 29.5 Å². The van der Waals surface area contributed by atoms with E-state index in [2.05, 4.69) is 10.5 Å². The molecule has 0 aliphatic rings. The number of carboxylic acids is 1. The van der Waals surface area contributed by atoms with Crippen molar-refractivity contribution < 1.29 is 43.3 Å². The summed E-state index contributed by atoms with van der Waals surface area (Å²) in [4.78, 5) is 61.9. The molecule has 0 fully saturated rings. The first-order chi connectivity index (χ1) is 30.1. The Morgan fingerprint density at radius 3 is 1.56 bits per heavy atom. The number of anilines is 1. The van der Waals surface area contributed by atoms with Crippen molar-refractivity contribution in [1.29, 1.82) is 0 Å². The van der Waals surface area contributed by atoms with Crippen LogP contribution < -0.4 is 14.8 Å². The molecule has 1 atom stereocenters. The van der Waals surface area contributed by atoms with E-state index in [1.54, 1.807) is 48.5 Å². The molecule has 0 aliphatic heterocycles. The van der Waals surface area contributed by atoms with E-state index in [9.17, 15) is 24.3 Å². The number of nitrogens with one attached hydrogen (secondary N) is 1. The first-order valence-corrected chi connectivity index (χ1v) is 20.2. The van der Waals surface area contributed by atoms with Crippen LogP contribution in [0.2, 0.25) is 0 Å². The Morgan fingerprint density at radius 1 is 0.629 bits per heavy atom. The Kier molecular flexibility index (Phi) is 13.2. The lowest BCUT2D eigenvalue weighted by Gasteiger charge is -2.36. The fourth-order valence-corrected chi connectivity index (χ4v) is 7.60. The minimum absolute atomic E-state index is 0.0366. The summed E-state index contributed by atoms with van der Waals surface area (Å²) in [5, 5.41) is 20.1. The van der Waals surface area contributed by atoms with Gasteiger partial charge >= 0.3 is 23.9 Å². The van der Waals surface area contributed by atoms with E-state index in [1.165, 1.54) is 30.5 Å². The van der Waals surface area contributed by atoms with Crippen LogP contribution >= 0.6 is 11.3 Å². The third kappa shape index (κ3) is 9.75. The lowest BCUT2D eigenvalue weighted by Crippen LogP contribution is -2.38. The Bertz CT molecular complexity index is 2540. The highest BCUT2D eigenvalue weighted by Gasteiger charge is 2.38. The highest BCUT2D eigenvalue weighted by Crippen LogP contribution is 2.41. The molecule has 0 bridgehead atoms. The standard InChI is InChI=1S/C49H39N3O9S/c1-32(53)58-41-29-28-36(30-42(41)59-33(2)54)45(47(57)60-44(34-18-8-3-9-19-34)35-20-10-4-11-21-35)61-52-43(46(55)56)40-31-62-48(50-40)51-49(37-22-12-5-13-23-37,38-24-14-6-15-25-38)39-26-16-7-17-27-39/h3-31,44-45H,1-2H3,(H,50,51)(H,55,56). The molecular weight excluding hydrogens is 807 g/mol. The van der Waals surface area contributed by atoms with Crippen molar-refractivity contribution in [3.63, 3.8) is 0 Å². The van der Waals surface area contributed by atoms with Crippen molar-refractivity contribution in [1.82, 2.24) is 4.98 Å². The van der Waals surface area contributed by atoms with Crippen molar-refractivity contribution >= 4 is 46.1 Å². The van der Waals surface area contributed by atoms with Crippen LogP contribution in [-0.4, -0.2) is 39.7 Å². The molecule has 6 aromatic carbocycles. The molecule has 310 valence electrons. The smallest absolute Gasteiger partial charge is 0.360 e. The zero-order chi connectivity index (χ0) is 43.5. The molecule has 62 heavy (non-hydrogen) atoms. The molecule has 0 radical (unpaired) electrons. The summed E-state index contributed by atoms with van der Waals surface area (Å²) in [6.07, 6.45) is -2.66. The molecule has 13 heteroatoms. The predicted octanol–water partition coefficient (Wildman–Crippen LogP) is 9.28. The summed E-state index contributed by atoms with van der Waals surface area (Å²) < 4.78 is 16.7. The second-order valence-electron chi connectivity index (χ2n) is 13.8. The van der Waals surface area contributed by atoms with E-state index in [-0.39, 0.29) is 22.8 Å². The summed E-state index contributed by atoms with van der Waals surface area (Å²) in [6, 6.07) is 51.5. The van der Waals surface area contributed by atoms with Crippen LogP contribution in [0.5, 0.6) is 11.5 Å². The number of hydrogen-bond acceptors (Lipinski definition) is 12. The SMILES string of the molecule is CC(=O)Oc1ccc(C(ON=C(C(=O)O)c2csc(NC(c3ccccc3)(c3ccccc3)c3ccccc3)n2)C(=O)OC(c2ccccc2)c2ccccc2)cc1OC(C)=O. The largest absolute Gasteiger partial charge is 0.476 e. The van der Waals surface area contributed by atoms with Crippen LogP contribution in [0.4, 0.5) is 5.13 Å². The molecule has 1 aromatic heterocycles. The van der Waals surface area contributed by atoms with E-state index in [0.717, 1.165) is 35.0 Å². The first kappa shape index (κ1) is 42.2. The number of thiazole rings is 1. The summed E-state index contributed by atoms with van der Waals surface area (Å²) >= 11 is 1.16. The number of oxime groups is 1. The van der Waals surface area contributed by atoms with Crippen LogP contribution in [0, 0.1) is 0 Å². The minimum atomic E-state index is -1.74. The van der Waals surface area contributed by atoms with Crippen molar-refractivity contribution in [2.24, 2.45) is 5.16 Å². The fraction of sp³-hybridized carbons (Fsp3) is 0.102. The number of carboxylic acid groups (broad SMARTS) is 1. The van der Waals surface area contributed by atoms with Gasteiger partial charge in [0.2, 0.25) is 11.8 Å². The van der Waals surface area contributed by atoms with Gasteiger partial charge in [-0.15, -0.1) is 11.3 Å². The quantitative estimate of drug-likeness (QED) is 0.0313. The van der Waals surface area contributed by atoms with Crippen molar-refractivity contribution in [3.05, 3.63) is 214 Å². The number of aromatic nitrogens is 1. The maximum atomic E-state index is 14.4. The molecule has 0 saturated heterocycles. The third-order valence-electron chi connectivity index (χ3n) is 9.54. The normalized spacial score (nSPS) is 11.9. The van der Waals surface area contributed by atoms with E-state index < -0.39 is 47.3 Å². The average molecular weight is 846 g/mol. The summed E-state index contributed by atoms with van der Waals surface area (Å²) in [7, 11) is 0. The lowest BCUT2D eigenvalue weighted by atomic mass is 9.77. The molecule has 0 amide bonds. The van der Waals surface area contributed by atoms with Crippen LogP contribution in [0.3, 0.4) is 0 Å². The summed E-state index contributed by atoms with van der Waals surface area (Å²) in [5.41, 5.74) is 2.41. The Labute approximate surface area is 361 Å². The van der Waals surface area contributed by atoms with Gasteiger partial charge in [0.05, 0.1) is 0 Å². The molecule has 0 saturated carbocycles. The van der Waals surface area contributed by atoms with Gasteiger partial charge in [-0.3, -0.25) is 9.59 Å². The number of aliphatic carboxylic acids is 1. The Hall–Kier alpha value is -7.90. The third-order valence-corrected chi connectivity index (χ3v) is 10.3. The topological polar surface area (TPSA) is 163 Å². The number of benzene rings is 6. The van der Waals surface area contributed by atoms with E-state index in [4.69, 9.17) is 24.0 Å². The molecule has 0 spiro atoms. The molecule has 12 nitrogen and oxygen atoms in total. The van der Waals surface area contributed by atoms with E-state index >= 15 is 0 Å². The Morgan fingerprint density at radius 2 is 1.10 bits per heavy atom. The van der Waals surface area contributed by atoms with E-state index in [1.807, 2.05) is 103 Å². The number of rotatable bonds is 16. The molecule has 7 aromatic rings. The van der Waals surface area contributed by atoms with Gasteiger partial charge in [-0.2, -0.15) is 0 Å². The number of carbonyl (C=O) groups excluding carboxylic acids is 3. The average Bonchev–Trinajstić information content (AvgIpc) is 3.75. The molecule has 2 N–H and O–H groups in total. The Balaban J connectivity index is 1.28. The predicted molar refractivity (Wildman–Crippen MR) is 233 cm³/mol. The fourth-order valence-electron chi connectivity index (χ4n) is 6.85.